The molecular weight excluding hydrogens is 230 g/mol. The number of hydrogen-bond acceptors (Lipinski definition) is 2. The molecule has 1 aromatic rings. The molecule has 1 heterocycles. The molecule has 0 amide bonds. The molecule has 0 saturated heterocycles. The second kappa shape index (κ2) is 4.92. The molecule has 1 fully saturated rings. The number of aromatic amines is 1. The Kier molecular flexibility index (Phi) is 3.71. The lowest BCUT2D eigenvalue weighted by Gasteiger charge is -2.33. The van der Waals surface area contributed by atoms with Crippen LogP contribution < -0.4 is 0 Å². The fourth-order valence-corrected chi connectivity index (χ4v) is 3.08. The van der Waals surface area contributed by atoms with Gasteiger partial charge in [-0.05, 0) is 31.0 Å². The zero-order chi connectivity index (χ0) is 12.5. The summed E-state index contributed by atoms with van der Waals surface area (Å²) in [6.45, 7) is 7.76. The van der Waals surface area contributed by atoms with E-state index < -0.39 is 0 Å². The SMILES string of the molecule is CC(C)Cn1c(C2(C)CCCCC2)n[nH]c1=S. The predicted molar refractivity (Wildman–Crippen MR) is 72.7 cm³/mol. The molecule has 0 radical (unpaired) electrons. The van der Waals surface area contributed by atoms with Crippen LogP contribution in [0.15, 0.2) is 0 Å². The molecule has 96 valence electrons. The molecule has 0 atom stereocenters. The molecule has 1 aromatic heterocycles. The fourth-order valence-electron chi connectivity index (χ4n) is 2.87. The average molecular weight is 253 g/mol. The Morgan fingerprint density at radius 1 is 1.35 bits per heavy atom. The Balaban J connectivity index is 2.34. The third kappa shape index (κ3) is 2.62. The highest BCUT2D eigenvalue weighted by molar-refractivity contribution is 7.71. The van der Waals surface area contributed by atoms with Crippen LogP contribution >= 0.6 is 12.2 Å². The number of hydrogen-bond donors (Lipinski definition) is 1. The van der Waals surface area contributed by atoms with Gasteiger partial charge in [0.2, 0.25) is 0 Å². The van der Waals surface area contributed by atoms with Crippen LogP contribution in [0, 0.1) is 10.7 Å². The van der Waals surface area contributed by atoms with Gasteiger partial charge < -0.3 is 4.57 Å². The molecule has 1 saturated carbocycles. The zero-order valence-corrected chi connectivity index (χ0v) is 11.9. The van der Waals surface area contributed by atoms with Gasteiger partial charge in [-0.2, -0.15) is 5.10 Å². The Morgan fingerprint density at radius 3 is 2.59 bits per heavy atom. The van der Waals surface area contributed by atoms with Crippen molar-refractivity contribution in [3.8, 4) is 0 Å². The van der Waals surface area contributed by atoms with Crippen molar-refractivity contribution < 1.29 is 0 Å². The third-order valence-electron chi connectivity index (χ3n) is 3.80. The third-order valence-corrected chi connectivity index (χ3v) is 4.11. The van der Waals surface area contributed by atoms with E-state index >= 15 is 0 Å². The minimum Gasteiger partial charge on any atom is -0.303 e. The minimum atomic E-state index is 0.223. The van der Waals surface area contributed by atoms with E-state index in [0.717, 1.165) is 11.3 Å². The highest BCUT2D eigenvalue weighted by atomic mass is 32.1. The van der Waals surface area contributed by atoms with Gasteiger partial charge in [-0.15, -0.1) is 0 Å². The minimum absolute atomic E-state index is 0.223. The molecule has 1 N–H and O–H groups in total. The predicted octanol–water partition coefficient (Wildman–Crippen LogP) is 3.82. The standard InChI is InChI=1S/C13H23N3S/c1-10(2)9-16-11(14-15-12(16)17)13(3)7-5-4-6-8-13/h10H,4-9H2,1-3H3,(H,15,17). The normalized spacial score (nSPS) is 19.8. The van der Waals surface area contributed by atoms with Gasteiger partial charge in [0, 0.05) is 12.0 Å². The van der Waals surface area contributed by atoms with Gasteiger partial charge in [-0.25, -0.2) is 0 Å². The zero-order valence-electron chi connectivity index (χ0n) is 11.1. The fraction of sp³-hybridized carbons (Fsp3) is 0.846. The maximum absolute atomic E-state index is 5.36. The van der Waals surface area contributed by atoms with Crippen LogP contribution in [0.4, 0.5) is 0 Å². The van der Waals surface area contributed by atoms with Crippen LogP contribution in [0.3, 0.4) is 0 Å². The van der Waals surface area contributed by atoms with Gasteiger partial charge in [-0.3, -0.25) is 5.10 Å². The summed E-state index contributed by atoms with van der Waals surface area (Å²) in [5.74, 6) is 1.78. The summed E-state index contributed by atoms with van der Waals surface area (Å²) in [5, 5.41) is 7.49. The molecule has 1 aliphatic rings. The molecule has 0 bridgehead atoms. The van der Waals surface area contributed by atoms with Gasteiger partial charge in [0.05, 0.1) is 0 Å². The van der Waals surface area contributed by atoms with Crippen molar-refractivity contribution in [1.82, 2.24) is 14.8 Å². The Labute approximate surface area is 109 Å². The highest BCUT2D eigenvalue weighted by Gasteiger charge is 2.33. The van der Waals surface area contributed by atoms with E-state index in [4.69, 9.17) is 12.2 Å². The summed E-state index contributed by atoms with van der Waals surface area (Å²) in [6.07, 6.45) is 6.48. The first-order valence-corrected chi connectivity index (χ1v) is 7.09. The summed E-state index contributed by atoms with van der Waals surface area (Å²) in [6, 6.07) is 0. The monoisotopic (exact) mass is 253 g/mol. The summed E-state index contributed by atoms with van der Waals surface area (Å²) in [5.41, 5.74) is 0.223. The van der Waals surface area contributed by atoms with Gasteiger partial charge in [0.15, 0.2) is 4.77 Å². The second-order valence-corrected chi connectivity index (χ2v) is 6.36. The first-order valence-electron chi connectivity index (χ1n) is 6.68. The lowest BCUT2D eigenvalue weighted by molar-refractivity contribution is 0.289. The lowest BCUT2D eigenvalue weighted by atomic mass is 9.75. The molecular formula is C13H23N3S. The maximum Gasteiger partial charge on any atom is 0.195 e. The lowest BCUT2D eigenvalue weighted by Crippen LogP contribution is -2.30. The molecule has 0 aromatic carbocycles. The number of rotatable bonds is 3. The van der Waals surface area contributed by atoms with E-state index in [-0.39, 0.29) is 5.41 Å². The number of nitrogens with zero attached hydrogens (tertiary/aromatic N) is 2. The first-order chi connectivity index (χ1) is 8.03. The molecule has 3 nitrogen and oxygen atoms in total. The van der Waals surface area contributed by atoms with E-state index in [0.29, 0.717) is 5.92 Å². The van der Waals surface area contributed by atoms with Gasteiger partial charge >= 0.3 is 0 Å². The molecule has 0 unspecified atom stereocenters. The number of H-pyrrole nitrogens is 1. The largest absolute Gasteiger partial charge is 0.303 e. The van der Waals surface area contributed by atoms with E-state index in [1.54, 1.807) is 0 Å². The molecule has 2 rings (SSSR count). The topological polar surface area (TPSA) is 33.6 Å². The van der Waals surface area contributed by atoms with Crippen molar-refractivity contribution in [1.29, 1.82) is 0 Å². The van der Waals surface area contributed by atoms with E-state index in [1.807, 2.05) is 0 Å². The Hall–Kier alpha value is -0.640. The molecule has 0 aliphatic heterocycles. The maximum atomic E-state index is 5.36. The van der Waals surface area contributed by atoms with Crippen LogP contribution in [-0.2, 0) is 12.0 Å². The van der Waals surface area contributed by atoms with Gasteiger partial charge in [0.1, 0.15) is 5.82 Å². The van der Waals surface area contributed by atoms with Crippen molar-refractivity contribution in [2.24, 2.45) is 5.92 Å². The number of aromatic nitrogens is 3. The smallest absolute Gasteiger partial charge is 0.195 e. The number of nitrogens with one attached hydrogen (secondary N) is 1. The van der Waals surface area contributed by atoms with Crippen molar-refractivity contribution in [2.75, 3.05) is 0 Å². The van der Waals surface area contributed by atoms with Gasteiger partial charge in [-0.1, -0.05) is 40.0 Å². The molecule has 1 aliphatic carbocycles. The van der Waals surface area contributed by atoms with E-state index in [2.05, 4.69) is 35.5 Å². The van der Waals surface area contributed by atoms with Crippen LogP contribution in [0.2, 0.25) is 0 Å². The Bertz CT molecular complexity index is 424. The highest BCUT2D eigenvalue weighted by Crippen LogP contribution is 2.38. The average Bonchev–Trinajstić information content (AvgIpc) is 2.61. The van der Waals surface area contributed by atoms with Crippen LogP contribution in [0.25, 0.3) is 0 Å². The summed E-state index contributed by atoms with van der Waals surface area (Å²) < 4.78 is 2.99. The van der Waals surface area contributed by atoms with Crippen molar-refractivity contribution in [3.63, 3.8) is 0 Å². The Morgan fingerprint density at radius 2 is 2.00 bits per heavy atom. The van der Waals surface area contributed by atoms with Crippen LogP contribution in [0.1, 0.15) is 58.7 Å². The molecule has 0 spiro atoms. The van der Waals surface area contributed by atoms with Crippen LogP contribution in [-0.4, -0.2) is 14.8 Å². The van der Waals surface area contributed by atoms with Crippen molar-refractivity contribution in [2.45, 2.75) is 64.8 Å². The van der Waals surface area contributed by atoms with E-state index in [9.17, 15) is 0 Å². The molecule has 17 heavy (non-hydrogen) atoms. The summed E-state index contributed by atoms with van der Waals surface area (Å²) in [7, 11) is 0. The van der Waals surface area contributed by atoms with Crippen molar-refractivity contribution in [3.05, 3.63) is 10.6 Å². The summed E-state index contributed by atoms with van der Waals surface area (Å²) >= 11 is 5.36. The summed E-state index contributed by atoms with van der Waals surface area (Å²) in [4.78, 5) is 0. The second-order valence-electron chi connectivity index (χ2n) is 5.98. The molecule has 4 heteroatoms. The van der Waals surface area contributed by atoms with Crippen molar-refractivity contribution >= 4 is 12.2 Å². The quantitative estimate of drug-likeness (QED) is 0.831. The van der Waals surface area contributed by atoms with E-state index in [1.165, 1.54) is 37.9 Å². The van der Waals surface area contributed by atoms with Gasteiger partial charge in [0.25, 0.3) is 0 Å². The first kappa shape index (κ1) is 12.8. The van der Waals surface area contributed by atoms with Crippen LogP contribution in [0.5, 0.6) is 0 Å².